The van der Waals surface area contributed by atoms with Crippen molar-refractivity contribution >= 4 is 23.3 Å². The van der Waals surface area contributed by atoms with E-state index in [1.54, 1.807) is 30.5 Å². The van der Waals surface area contributed by atoms with Crippen LogP contribution in [-0.4, -0.2) is 10.9 Å². The van der Waals surface area contributed by atoms with Gasteiger partial charge in [-0.25, -0.2) is 18.8 Å². The molecule has 0 aliphatic carbocycles. The second kappa shape index (κ2) is 8.88. The Balaban J connectivity index is 1.64. The molecule has 9 nitrogen and oxygen atoms in total. The van der Waals surface area contributed by atoms with Crippen LogP contribution in [0.3, 0.4) is 0 Å². The molecule has 1 aliphatic heterocycles. The molecule has 1 aliphatic rings. The number of hydrogen-bond acceptors (Lipinski definition) is 9. The number of nitrogens with zero attached hydrogens (tertiary/aromatic N) is 4. The summed E-state index contributed by atoms with van der Waals surface area (Å²) in [5, 5.41) is 23.6. The molecule has 0 spiro atoms. The molecule has 0 saturated carbocycles. The summed E-state index contributed by atoms with van der Waals surface area (Å²) < 4.78 is 45.5. The topological polar surface area (TPSA) is 158 Å². The molecule has 3 aromatic rings. The first-order valence-corrected chi connectivity index (χ1v) is 9.68. The van der Waals surface area contributed by atoms with Gasteiger partial charge in [-0.15, -0.1) is 0 Å². The molecule has 0 radical (unpaired) electrons. The van der Waals surface area contributed by atoms with E-state index in [1.165, 1.54) is 0 Å². The minimum absolute atomic E-state index is 0.0102. The lowest BCUT2D eigenvalue weighted by Crippen LogP contribution is -2.32. The summed E-state index contributed by atoms with van der Waals surface area (Å²) >= 11 is 0. The highest BCUT2D eigenvalue weighted by Gasteiger charge is 2.29. The molecular formula is C22H15F3N8O. The zero-order valence-corrected chi connectivity index (χ0v) is 17.2. The van der Waals surface area contributed by atoms with E-state index in [1.807, 2.05) is 6.07 Å². The summed E-state index contributed by atoms with van der Waals surface area (Å²) in [5.74, 6) is -4.47. The van der Waals surface area contributed by atoms with Crippen LogP contribution >= 0.6 is 0 Å². The Labute approximate surface area is 191 Å². The number of benzene rings is 2. The maximum Gasteiger partial charge on any atom is 0.211 e. The zero-order chi connectivity index (χ0) is 24.4. The number of anilines is 3. The van der Waals surface area contributed by atoms with Crippen LogP contribution in [0.15, 0.2) is 41.4 Å². The van der Waals surface area contributed by atoms with Gasteiger partial charge < -0.3 is 21.5 Å². The molecule has 1 aromatic heterocycles. The number of halogens is 3. The molecule has 4 rings (SSSR count). The van der Waals surface area contributed by atoms with Crippen molar-refractivity contribution in [3.8, 4) is 18.0 Å². The number of nitrogens with two attached hydrogens (primary N) is 2. The predicted molar refractivity (Wildman–Crippen MR) is 117 cm³/mol. The molecular weight excluding hydrogens is 449 g/mol. The summed E-state index contributed by atoms with van der Waals surface area (Å²) in [7, 11) is 0. The number of aromatic nitrogens is 1. The van der Waals surface area contributed by atoms with Crippen LogP contribution in [0.5, 0.6) is 5.75 Å². The van der Waals surface area contributed by atoms with Gasteiger partial charge in [0.05, 0.1) is 5.69 Å². The summed E-state index contributed by atoms with van der Waals surface area (Å²) in [4.78, 5) is 8.62. The van der Waals surface area contributed by atoms with Crippen molar-refractivity contribution in [2.75, 3.05) is 16.8 Å². The normalized spacial score (nSPS) is 14.1. The number of hydrogen-bond donors (Lipinski definition) is 4. The standard InChI is InChI=1S/C22H15F3N8O/c23-13-5-6-14(17(25)16(13)24)34-8-10-1-3-11(4-2-10)19-15-18(28)12(7-26)20(29)32-21(15)33-22(31-19)30-9-27/h1-6,19H,8H2,(H6,28,29,30,31,32,33). The van der Waals surface area contributed by atoms with Crippen molar-refractivity contribution in [3.05, 3.63) is 76.1 Å². The fourth-order valence-electron chi connectivity index (χ4n) is 3.40. The quantitative estimate of drug-likeness (QED) is 0.261. The summed E-state index contributed by atoms with van der Waals surface area (Å²) in [6, 6.07) is 9.67. The maximum absolute atomic E-state index is 13.8. The van der Waals surface area contributed by atoms with E-state index in [2.05, 4.69) is 20.6 Å². The molecule has 1 unspecified atom stereocenters. The van der Waals surface area contributed by atoms with Crippen molar-refractivity contribution in [2.45, 2.75) is 12.6 Å². The second-order valence-corrected chi connectivity index (χ2v) is 7.11. The predicted octanol–water partition coefficient (Wildman–Crippen LogP) is 3.06. The molecule has 1 atom stereocenters. The number of nitrogens with one attached hydrogen (secondary N) is 2. The lowest BCUT2D eigenvalue weighted by Gasteiger charge is -2.26. The third-order valence-electron chi connectivity index (χ3n) is 5.05. The van der Waals surface area contributed by atoms with Crippen LogP contribution in [0.25, 0.3) is 0 Å². The Kier molecular flexibility index (Phi) is 5.80. The van der Waals surface area contributed by atoms with Gasteiger partial charge in [0.2, 0.25) is 11.8 Å². The largest absolute Gasteiger partial charge is 0.486 e. The van der Waals surface area contributed by atoms with E-state index in [-0.39, 0.29) is 35.5 Å². The van der Waals surface area contributed by atoms with E-state index in [0.717, 1.165) is 12.1 Å². The Hall–Kier alpha value is -4.97. The highest BCUT2D eigenvalue weighted by molar-refractivity contribution is 5.98. The lowest BCUT2D eigenvalue weighted by molar-refractivity contribution is 0.281. The van der Waals surface area contributed by atoms with Crippen LogP contribution in [-0.2, 0) is 6.61 Å². The summed E-state index contributed by atoms with van der Waals surface area (Å²) in [6.07, 6.45) is 1.76. The molecule has 170 valence electrons. The molecule has 0 fully saturated rings. The van der Waals surface area contributed by atoms with Gasteiger partial charge in [-0.3, -0.25) is 5.32 Å². The first kappa shape index (κ1) is 22.2. The minimum Gasteiger partial charge on any atom is -0.486 e. The van der Waals surface area contributed by atoms with E-state index in [4.69, 9.17) is 21.5 Å². The third kappa shape index (κ3) is 3.96. The number of fused-ring (bicyclic) bond motifs is 1. The summed E-state index contributed by atoms with van der Waals surface area (Å²) in [6.45, 7) is -0.117. The van der Waals surface area contributed by atoms with Crippen LogP contribution in [0.2, 0.25) is 0 Å². The Morgan fingerprint density at radius 3 is 2.47 bits per heavy atom. The first-order chi connectivity index (χ1) is 16.3. The van der Waals surface area contributed by atoms with Gasteiger partial charge in [0.25, 0.3) is 0 Å². The Bertz CT molecular complexity index is 1390. The van der Waals surface area contributed by atoms with Crippen molar-refractivity contribution in [2.24, 2.45) is 4.99 Å². The number of guanidine groups is 1. The van der Waals surface area contributed by atoms with Crippen molar-refractivity contribution < 1.29 is 17.9 Å². The molecule has 2 heterocycles. The SMILES string of the molecule is N#CNC1=NC(c2ccc(COc3ccc(F)c(F)c3F)cc2)c2c(nc(N)c(C#N)c2N)N1. The number of nitrogen functional groups attached to an aromatic ring is 2. The van der Waals surface area contributed by atoms with Crippen molar-refractivity contribution in [3.63, 3.8) is 0 Å². The Morgan fingerprint density at radius 2 is 1.79 bits per heavy atom. The molecule has 0 saturated heterocycles. The molecule has 0 bridgehead atoms. The van der Waals surface area contributed by atoms with E-state index in [0.29, 0.717) is 16.7 Å². The number of aliphatic imine (C=N–C) groups is 1. The smallest absolute Gasteiger partial charge is 0.211 e. The minimum atomic E-state index is -1.61. The van der Waals surface area contributed by atoms with Gasteiger partial charge in [0.1, 0.15) is 35.9 Å². The number of nitriles is 2. The fraction of sp³-hybridized carbons (Fsp3) is 0.0909. The average Bonchev–Trinajstić information content (AvgIpc) is 2.82. The molecule has 0 amide bonds. The van der Waals surface area contributed by atoms with Crippen molar-refractivity contribution in [1.82, 2.24) is 10.3 Å². The van der Waals surface area contributed by atoms with Gasteiger partial charge in [-0.05, 0) is 23.3 Å². The van der Waals surface area contributed by atoms with Crippen molar-refractivity contribution in [1.29, 1.82) is 10.5 Å². The van der Waals surface area contributed by atoms with Crippen LogP contribution in [0, 0.1) is 40.2 Å². The second-order valence-electron chi connectivity index (χ2n) is 7.11. The van der Waals surface area contributed by atoms with E-state index >= 15 is 0 Å². The monoisotopic (exact) mass is 464 g/mol. The molecule has 6 N–H and O–H groups in total. The molecule has 34 heavy (non-hydrogen) atoms. The van der Waals surface area contributed by atoms with Crippen LogP contribution < -0.4 is 26.8 Å². The van der Waals surface area contributed by atoms with Crippen LogP contribution in [0.4, 0.5) is 30.5 Å². The van der Waals surface area contributed by atoms with Gasteiger partial charge in [-0.2, -0.15) is 14.9 Å². The highest BCUT2D eigenvalue weighted by Crippen LogP contribution is 2.40. The lowest BCUT2D eigenvalue weighted by atomic mass is 9.94. The van der Waals surface area contributed by atoms with Gasteiger partial charge in [0.15, 0.2) is 23.6 Å². The van der Waals surface area contributed by atoms with Crippen LogP contribution in [0.1, 0.15) is 28.3 Å². The summed E-state index contributed by atoms with van der Waals surface area (Å²) in [5.41, 5.74) is 13.8. The molecule has 2 aromatic carbocycles. The number of pyridine rings is 1. The number of rotatable bonds is 4. The average molecular weight is 464 g/mol. The van der Waals surface area contributed by atoms with Gasteiger partial charge >= 0.3 is 0 Å². The molecule has 12 heteroatoms. The maximum atomic E-state index is 13.8. The van der Waals surface area contributed by atoms with E-state index in [9.17, 15) is 18.4 Å². The van der Waals surface area contributed by atoms with Gasteiger partial charge in [0, 0.05) is 5.56 Å². The zero-order valence-electron chi connectivity index (χ0n) is 17.2. The van der Waals surface area contributed by atoms with Gasteiger partial charge in [-0.1, -0.05) is 24.3 Å². The highest BCUT2D eigenvalue weighted by atomic mass is 19.2. The van der Waals surface area contributed by atoms with E-state index < -0.39 is 29.2 Å². The first-order valence-electron chi connectivity index (χ1n) is 9.68. The number of ether oxygens (including phenoxy) is 1. The Morgan fingerprint density at radius 1 is 1.06 bits per heavy atom. The third-order valence-corrected chi connectivity index (χ3v) is 5.05. The fourth-order valence-corrected chi connectivity index (χ4v) is 3.40.